The molecule has 0 radical (unpaired) electrons. The minimum Gasteiger partial charge on any atom is -0.464 e. The molecule has 2 atom stereocenters. The smallest absolute Gasteiger partial charge is 0.430 e. The third-order valence-corrected chi connectivity index (χ3v) is 3.89. The molecular formula is C24H36N2O7. The number of hydrogen-bond acceptors (Lipinski definition) is 7. The van der Waals surface area contributed by atoms with Gasteiger partial charge in [-0.3, -0.25) is 0 Å². The van der Waals surface area contributed by atoms with E-state index in [4.69, 9.17) is 14.2 Å². The highest BCUT2D eigenvalue weighted by Gasteiger charge is 2.40. The summed E-state index contributed by atoms with van der Waals surface area (Å²) in [7, 11) is 0. The van der Waals surface area contributed by atoms with Crippen LogP contribution in [0.15, 0.2) is 30.3 Å². The van der Waals surface area contributed by atoms with Crippen LogP contribution in [-0.2, 0) is 19.0 Å². The Morgan fingerprint density at radius 2 is 1.58 bits per heavy atom. The predicted octanol–water partition coefficient (Wildman–Crippen LogP) is 3.98. The molecule has 9 nitrogen and oxygen atoms in total. The van der Waals surface area contributed by atoms with Crippen molar-refractivity contribution < 1.29 is 33.7 Å². The molecule has 0 aromatic heterocycles. The summed E-state index contributed by atoms with van der Waals surface area (Å²) in [6.07, 6.45) is -0.670. The number of hydrazine groups is 1. The van der Waals surface area contributed by atoms with Crippen molar-refractivity contribution in [1.82, 2.24) is 10.4 Å². The molecule has 33 heavy (non-hydrogen) atoms. The summed E-state index contributed by atoms with van der Waals surface area (Å²) < 4.78 is 15.6. The molecular weight excluding hydrogens is 428 g/mol. The Hall–Kier alpha value is -3.07. The number of nitrogens with zero attached hydrogens (tertiary/aromatic N) is 1. The number of benzene rings is 1. The van der Waals surface area contributed by atoms with E-state index in [2.05, 4.69) is 5.43 Å². The molecule has 1 aromatic rings. The summed E-state index contributed by atoms with van der Waals surface area (Å²) in [6, 6.07) is 5.83. The summed E-state index contributed by atoms with van der Waals surface area (Å²) in [6.45, 7) is 13.4. The molecule has 2 amide bonds. The number of amides is 2. The highest BCUT2D eigenvalue weighted by Crippen LogP contribution is 2.16. The first kappa shape index (κ1) is 28.0. The molecule has 1 unspecified atom stereocenters. The fraction of sp³-hybridized carbons (Fsp3) is 0.542. The van der Waals surface area contributed by atoms with E-state index >= 15 is 0 Å². The summed E-state index contributed by atoms with van der Waals surface area (Å²) in [5.74, 6) is -0.930. The molecule has 0 aliphatic heterocycles. The van der Waals surface area contributed by atoms with Gasteiger partial charge in [0.15, 0.2) is 6.04 Å². The van der Waals surface area contributed by atoms with E-state index in [0.29, 0.717) is 5.01 Å². The summed E-state index contributed by atoms with van der Waals surface area (Å²) >= 11 is 0. The first-order valence-electron chi connectivity index (χ1n) is 10.7. The topological polar surface area (TPSA) is 114 Å². The van der Waals surface area contributed by atoms with Gasteiger partial charge < -0.3 is 19.3 Å². The van der Waals surface area contributed by atoms with Crippen LogP contribution in [0, 0.1) is 6.92 Å². The fourth-order valence-corrected chi connectivity index (χ4v) is 2.56. The van der Waals surface area contributed by atoms with Gasteiger partial charge in [-0.25, -0.2) is 19.8 Å². The van der Waals surface area contributed by atoms with E-state index in [1.54, 1.807) is 54.5 Å². The number of aryl methyl sites for hydroxylation is 1. The summed E-state index contributed by atoms with van der Waals surface area (Å²) in [5.41, 5.74) is 2.25. The Morgan fingerprint density at radius 1 is 1.03 bits per heavy atom. The Bertz CT molecular complexity index is 836. The molecule has 2 N–H and O–H groups in total. The average Bonchev–Trinajstić information content (AvgIpc) is 2.64. The fourth-order valence-electron chi connectivity index (χ4n) is 2.56. The van der Waals surface area contributed by atoms with E-state index in [1.165, 1.54) is 6.08 Å². The molecule has 0 saturated carbocycles. The average molecular weight is 465 g/mol. The lowest BCUT2D eigenvalue weighted by molar-refractivity contribution is -0.154. The molecule has 0 spiro atoms. The van der Waals surface area contributed by atoms with Crippen LogP contribution < -0.4 is 5.43 Å². The van der Waals surface area contributed by atoms with Gasteiger partial charge in [-0.05, 0) is 61.0 Å². The zero-order valence-corrected chi connectivity index (χ0v) is 20.7. The lowest BCUT2D eigenvalue weighted by atomic mass is 10.1. The molecule has 1 rings (SSSR count). The highest BCUT2D eigenvalue weighted by atomic mass is 16.6. The van der Waals surface area contributed by atoms with Crippen molar-refractivity contribution in [3.05, 3.63) is 41.5 Å². The maximum absolute atomic E-state index is 12.9. The van der Waals surface area contributed by atoms with Crippen molar-refractivity contribution in [2.24, 2.45) is 0 Å². The predicted molar refractivity (Wildman–Crippen MR) is 124 cm³/mol. The van der Waals surface area contributed by atoms with E-state index in [0.717, 1.165) is 11.1 Å². The van der Waals surface area contributed by atoms with Crippen LogP contribution in [0.2, 0.25) is 0 Å². The second kappa shape index (κ2) is 11.7. The minimum absolute atomic E-state index is 0.00166. The number of aliphatic hydroxyl groups excluding tert-OH is 1. The van der Waals surface area contributed by atoms with Crippen molar-refractivity contribution in [3.63, 3.8) is 0 Å². The zero-order chi connectivity index (χ0) is 25.4. The molecule has 0 heterocycles. The third kappa shape index (κ3) is 10.4. The van der Waals surface area contributed by atoms with Crippen LogP contribution in [0.1, 0.15) is 59.6 Å². The minimum atomic E-state index is -1.63. The number of ether oxygens (including phenoxy) is 3. The molecule has 0 fully saturated rings. The van der Waals surface area contributed by atoms with Crippen molar-refractivity contribution >= 4 is 24.2 Å². The number of aliphatic hydroxyl groups is 1. The lowest BCUT2D eigenvalue weighted by Crippen LogP contribution is -2.60. The maximum Gasteiger partial charge on any atom is 0.430 e. The van der Waals surface area contributed by atoms with Gasteiger partial charge in [0.1, 0.15) is 17.3 Å². The Balaban J connectivity index is 3.32. The number of nitrogens with one attached hydrogen (secondary N) is 1. The van der Waals surface area contributed by atoms with Gasteiger partial charge in [0, 0.05) is 0 Å². The van der Waals surface area contributed by atoms with Crippen molar-refractivity contribution in [2.75, 3.05) is 6.61 Å². The van der Waals surface area contributed by atoms with Gasteiger partial charge in [0.25, 0.3) is 0 Å². The number of rotatable bonds is 6. The van der Waals surface area contributed by atoms with E-state index < -0.39 is 41.5 Å². The zero-order valence-electron chi connectivity index (χ0n) is 20.7. The van der Waals surface area contributed by atoms with E-state index in [-0.39, 0.29) is 6.61 Å². The lowest BCUT2D eigenvalue weighted by Gasteiger charge is -2.34. The van der Waals surface area contributed by atoms with Crippen LogP contribution in [0.3, 0.4) is 0 Å². The molecule has 0 aliphatic carbocycles. The number of esters is 1. The van der Waals surface area contributed by atoms with Crippen LogP contribution in [0.5, 0.6) is 0 Å². The molecule has 0 bridgehead atoms. The van der Waals surface area contributed by atoms with Gasteiger partial charge in [-0.1, -0.05) is 42.0 Å². The largest absolute Gasteiger partial charge is 0.464 e. The van der Waals surface area contributed by atoms with Gasteiger partial charge in [-0.15, -0.1) is 0 Å². The number of carbonyl (C=O) groups excluding carboxylic acids is 3. The van der Waals surface area contributed by atoms with Crippen molar-refractivity contribution in [3.8, 4) is 0 Å². The van der Waals surface area contributed by atoms with Gasteiger partial charge in [0.2, 0.25) is 0 Å². The van der Waals surface area contributed by atoms with Crippen LogP contribution in [0.25, 0.3) is 6.08 Å². The van der Waals surface area contributed by atoms with Crippen LogP contribution in [-0.4, -0.2) is 58.2 Å². The molecule has 9 heteroatoms. The monoisotopic (exact) mass is 464 g/mol. The molecule has 1 aromatic carbocycles. The van der Waals surface area contributed by atoms with Gasteiger partial charge in [0.05, 0.1) is 6.61 Å². The Morgan fingerprint density at radius 3 is 2.06 bits per heavy atom. The highest BCUT2D eigenvalue weighted by molar-refractivity contribution is 5.84. The molecule has 0 aliphatic rings. The number of carbonyl (C=O) groups is 3. The van der Waals surface area contributed by atoms with Crippen molar-refractivity contribution in [2.45, 2.75) is 78.7 Å². The maximum atomic E-state index is 12.9. The Kier molecular flexibility index (Phi) is 9.91. The van der Waals surface area contributed by atoms with Crippen LogP contribution in [0.4, 0.5) is 9.59 Å². The second-order valence-corrected chi connectivity index (χ2v) is 9.42. The SMILES string of the molecule is CCOC(=O)C([C@H](O)C=Cc1ccc(C)cc1)N(NC(=O)OC(C)(C)C)C(=O)OC(C)(C)C. The third-order valence-electron chi connectivity index (χ3n) is 3.89. The quantitative estimate of drug-likeness (QED) is 0.372. The van der Waals surface area contributed by atoms with Gasteiger partial charge >= 0.3 is 18.2 Å². The van der Waals surface area contributed by atoms with E-state index in [1.807, 2.05) is 31.2 Å². The normalized spacial score (nSPS) is 13.7. The second-order valence-electron chi connectivity index (χ2n) is 9.42. The first-order chi connectivity index (χ1) is 15.1. The summed E-state index contributed by atoms with van der Waals surface area (Å²) in [4.78, 5) is 38.1. The number of hydrogen-bond donors (Lipinski definition) is 2. The van der Waals surface area contributed by atoms with E-state index in [9.17, 15) is 19.5 Å². The Labute approximate surface area is 195 Å². The summed E-state index contributed by atoms with van der Waals surface area (Å²) in [5, 5.41) is 11.5. The first-order valence-corrected chi connectivity index (χ1v) is 10.7. The van der Waals surface area contributed by atoms with Gasteiger partial charge in [-0.2, -0.15) is 5.01 Å². The van der Waals surface area contributed by atoms with Crippen LogP contribution >= 0.6 is 0 Å². The van der Waals surface area contributed by atoms with Crippen molar-refractivity contribution in [1.29, 1.82) is 0 Å². The molecule has 0 saturated heterocycles. The standard InChI is InChI=1S/C24H36N2O7/c1-9-31-20(28)19(18(27)15-14-17-12-10-16(2)11-13-17)26(22(30)33-24(6,7)8)25-21(29)32-23(3,4)5/h10-15,18-19,27H,9H2,1-8H3,(H,25,29)/t18-,19?/m1/s1. The molecule has 184 valence electrons.